The van der Waals surface area contributed by atoms with Crippen molar-refractivity contribution in [3.05, 3.63) is 0 Å². The Hall–Kier alpha value is -0.610. The molecule has 1 amide bonds. The molecule has 1 aliphatic heterocycles. The molecule has 1 heterocycles. The quantitative estimate of drug-likeness (QED) is 0.573. The second-order valence-electron chi connectivity index (χ2n) is 3.26. The summed E-state index contributed by atoms with van der Waals surface area (Å²) < 4.78 is 0. The van der Waals surface area contributed by atoms with Crippen LogP contribution in [0.5, 0.6) is 0 Å². The van der Waals surface area contributed by atoms with E-state index in [0.717, 1.165) is 13.0 Å². The largest absolute Gasteiger partial charge is 0.395 e. The third kappa shape index (κ3) is 2.79. The molecule has 4 heteroatoms. The highest BCUT2D eigenvalue weighted by Crippen LogP contribution is 2.00. The summed E-state index contributed by atoms with van der Waals surface area (Å²) >= 11 is 0. The molecule has 1 rings (SSSR count). The number of aliphatic hydroxyl groups excluding tert-OH is 1. The first-order valence-corrected chi connectivity index (χ1v) is 4.35. The van der Waals surface area contributed by atoms with E-state index in [9.17, 15) is 4.79 Å². The van der Waals surface area contributed by atoms with E-state index in [2.05, 4.69) is 5.32 Å². The maximum Gasteiger partial charge on any atom is 0.234 e. The molecular formula is C8H16N2O2. The van der Waals surface area contributed by atoms with Gasteiger partial charge in [-0.15, -0.1) is 0 Å². The normalized spacial score (nSPS) is 26.5. The second kappa shape index (κ2) is 4.42. The summed E-state index contributed by atoms with van der Waals surface area (Å²) in [5, 5.41) is 11.6. The Morgan fingerprint density at radius 2 is 2.50 bits per heavy atom. The lowest BCUT2D eigenvalue weighted by Gasteiger charge is -2.16. The molecule has 0 aromatic carbocycles. The van der Waals surface area contributed by atoms with Crippen LogP contribution in [0.15, 0.2) is 0 Å². The van der Waals surface area contributed by atoms with Gasteiger partial charge in [0.05, 0.1) is 13.2 Å². The fourth-order valence-electron chi connectivity index (χ4n) is 1.38. The number of carbonyl (C=O) groups excluding carboxylic acids is 1. The topological polar surface area (TPSA) is 52.6 Å². The van der Waals surface area contributed by atoms with Gasteiger partial charge in [-0.2, -0.15) is 0 Å². The van der Waals surface area contributed by atoms with Crippen molar-refractivity contribution in [3.63, 3.8) is 0 Å². The standard InChI is InChI=1S/C8H16N2O2/c1-7-2-3-10(4-5-11)6-8(12)9-7/h7,11H,2-6H2,1H3,(H,9,12). The van der Waals surface area contributed by atoms with Crippen LogP contribution in [0.4, 0.5) is 0 Å². The summed E-state index contributed by atoms with van der Waals surface area (Å²) in [4.78, 5) is 13.1. The number of carbonyl (C=O) groups is 1. The molecule has 1 atom stereocenters. The number of hydrogen-bond acceptors (Lipinski definition) is 3. The van der Waals surface area contributed by atoms with Gasteiger partial charge in [-0.05, 0) is 13.3 Å². The molecule has 0 aromatic rings. The van der Waals surface area contributed by atoms with Gasteiger partial charge in [0.2, 0.25) is 5.91 Å². The van der Waals surface area contributed by atoms with Crippen LogP contribution in [0, 0.1) is 0 Å². The maximum absolute atomic E-state index is 11.1. The molecule has 0 radical (unpaired) electrons. The van der Waals surface area contributed by atoms with E-state index in [-0.39, 0.29) is 18.6 Å². The van der Waals surface area contributed by atoms with E-state index < -0.39 is 0 Å². The third-order valence-electron chi connectivity index (χ3n) is 2.07. The summed E-state index contributed by atoms with van der Waals surface area (Å²) in [5.41, 5.74) is 0. The fourth-order valence-corrected chi connectivity index (χ4v) is 1.38. The highest BCUT2D eigenvalue weighted by molar-refractivity contribution is 5.78. The number of hydrogen-bond donors (Lipinski definition) is 2. The van der Waals surface area contributed by atoms with Gasteiger partial charge in [0.1, 0.15) is 0 Å². The minimum Gasteiger partial charge on any atom is -0.395 e. The first-order chi connectivity index (χ1) is 5.72. The second-order valence-corrected chi connectivity index (χ2v) is 3.26. The van der Waals surface area contributed by atoms with Crippen LogP contribution in [0.1, 0.15) is 13.3 Å². The Bertz CT molecular complexity index is 161. The van der Waals surface area contributed by atoms with Crippen molar-refractivity contribution in [3.8, 4) is 0 Å². The minimum absolute atomic E-state index is 0.0634. The molecule has 0 aliphatic carbocycles. The van der Waals surface area contributed by atoms with E-state index in [0.29, 0.717) is 13.1 Å². The molecule has 70 valence electrons. The van der Waals surface area contributed by atoms with E-state index in [1.807, 2.05) is 11.8 Å². The van der Waals surface area contributed by atoms with Crippen molar-refractivity contribution in [2.24, 2.45) is 0 Å². The fraction of sp³-hybridized carbons (Fsp3) is 0.875. The number of rotatable bonds is 2. The first-order valence-electron chi connectivity index (χ1n) is 4.35. The van der Waals surface area contributed by atoms with E-state index in [1.54, 1.807) is 0 Å². The molecule has 1 unspecified atom stereocenters. The molecule has 0 bridgehead atoms. The van der Waals surface area contributed by atoms with Crippen LogP contribution in [0.25, 0.3) is 0 Å². The van der Waals surface area contributed by atoms with Crippen molar-refractivity contribution in [2.75, 3.05) is 26.2 Å². The average molecular weight is 172 g/mol. The van der Waals surface area contributed by atoms with E-state index >= 15 is 0 Å². The van der Waals surface area contributed by atoms with Gasteiger partial charge < -0.3 is 10.4 Å². The summed E-state index contributed by atoms with van der Waals surface area (Å²) in [5.74, 6) is 0.0634. The molecule has 12 heavy (non-hydrogen) atoms. The molecule has 1 aliphatic rings. The first kappa shape index (κ1) is 9.48. The molecule has 4 nitrogen and oxygen atoms in total. The predicted molar refractivity (Wildman–Crippen MR) is 45.7 cm³/mol. The lowest BCUT2D eigenvalue weighted by Crippen LogP contribution is -2.36. The molecule has 0 saturated carbocycles. The van der Waals surface area contributed by atoms with Crippen LogP contribution in [-0.4, -0.2) is 48.2 Å². The van der Waals surface area contributed by atoms with Crippen molar-refractivity contribution >= 4 is 5.91 Å². The zero-order chi connectivity index (χ0) is 8.97. The van der Waals surface area contributed by atoms with Crippen molar-refractivity contribution in [2.45, 2.75) is 19.4 Å². The van der Waals surface area contributed by atoms with Gasteiger partial charge in [0.15, 0.2) is 0 Å². The SMILES string of the molecule is CC1CCN(CCO)CC(=O)N1. The van der Waals surface area contributed by atoms with Gasteiger partial charge in [0.25, 0.3) is 0 Å². The van der Waals surface area contributed by atoms with Crippen molar-refractivity contribution < 1.29 is 9.90 Å². The molecule has 1 fully saturated rings. The van der Waals surface area contributed by atoms with Crippen molar-refractivity contribution in [1.29, 1.82) is 0 Å². The monoisotopic (exact) mass is 172 g/mol. The smallest absolute Gasteiger partial charge is 0.234 e. The van der Waals surface area contributed by atoms with Gasteiger partial charge >= 0.3 is 0 Å². The maximum atomic E-state index is 11.1. The Kier molecular flexibility index (Phi) is 3.49. The number of amides is 1. The minimum atomic E-state index is 0.0634. The Labute approximate surface area is 72.6 Å². The summed E-state index contributed by atoms with van der Waals surface area (Å²) in [7, 11) is 0. The number of nitrogens with zero attached hydrogens (tertiary/aromatic N) is 1. The van der Waals surface area contributed by atoms with Gasteiger partial charge in [-0.3, -0.25) is 9.69 Å². The Balaban J connectivity index is 2.41. The zero-order valence-electron chi connectivity index (χ0n) is 7.42. The lowest BCUT2D eigenvalue weighted by atomic mass is 10.2. The third-order valence-corrected chi connectivity index (χ3v) is 2.07. The van der Waals surface area contributed by atoms with Crippen LogP contribution in [0.2, 0.25) is 0 Å². The molecular weight excluding hydrogens is 156 g/mol. The van der Waals surface area contributed by atoms with Crippen molar-refractivity contribution in [1.82, 2.24) is 10.2 Å². The van der Waals surface area contributed by atoms with Crippen LogP contribution < -0.4 is 5.32 Å². The highest BCUT2D eigenvalue weighted by Gasteiger charge is 2.17. The molecule has 0 aromatic heterocycles. The zero-order valence-corrected chi connectivity index (χ0v) is 7.42. The number of β-amino-alcohol motifs (C(OH)–C–C–N with tert-alkyl or cyclic N) is 1. The van der Waals surface area contributed by atoms with Crippen LogP contribution in [-0.2, 0) is 4.79 Å². The number of aliphatic hydroxyl groups is 1. The molecule has 0 spiro atoms. The van der Waals surface area contributed by atoms with Crippen LogP contribution in [0.3, 0.4) is 0 Å². The van der Waals surface area contributed by atoms with Gasteiger partial charge in [-0.1, -0.05) is 0 Å². The molecule has 1 saturated heterocycles. The summed E-state index contributed by atoms with van der Waals surface area (Å²) in [6.45, 7) is 4.04. The van der Waals surface area contributed by atoms with Crippen LogP contribution >= 0.6 is 0 Å². The van der Waals surface area contributed by atoms with E-state index in [4.69, 9.17) is 5.11 Å². The van der Waals surface area contributed by atoms with Gasteiger partial charge in [0, 0.05) is 19.1 Å². The lowest BCUT2D eigenvalue weighted by molar-refractivity contribution is -0.122. The van der Waals surface area contributed by atoms with Gasteiger partial charge in [-0.25, -0.2) is 0 Å². The Morgan fingerprint density at radius 3 is 3.17 bits per heavy atom. The highest BCUT2D eigenvalue weighted by atomic mass is 16.3. The summed E-state index contributed by atoms with van der Waals surface area (Å²) in [6.07, 6.45) is 0.964. The van der Waals surface area contributed by atoms with E-state index in [1.165, 1.54) is 0 Å². The average Bonchev–Trinajstić information content (AvgIpc) is 2.13. The Morgan fingerprint density at radius 1 is 1.75 bits per heavy atom. The number of nitrogens with one attached hydrogen (secondary N) is 1. The predicted octanol–water partition coefficient (Wildman–Crippen LogP) is -0.811. The summed E-state index contributed by atoms with van der Waals surface area (Å²) in [6, 6.07) is 0.265. The molecule has 2 N–H and O–H groups in total.